The van der Waals surface area contributed by atoms with Crippen LogP contribution < -0.4 is 11.0 Å². The van der Waals surface area contributed by atoms with E-state index in [1.165, 1.54) is 0 Å². The van der Waals surface area contributed by atoms with Crippen molar-refractivity contribution in [1.82, 2.24) is 9.97 Å². The minimum atomic E-state index is -1.55. The molecule has 0 aliphatic heterocycles. The molecule has 0 saturated heterocycles. The minimum Gasteiger partial charge on any atom is -0.423 e. The Labute approximate surface area is 114 Å². The summed E-state index contributed by atoms with van der Waals surface area (Å²) in [4.78, 5) is 19.1. The third kappa shape index (κ3) is 2.22. The lowest BCUT2D eigenvalue weighted by Crippen LogP contribution is -2.29. The Bertz CT molecular complexity index is 830. The molecular weight excluding hydrogens is 255 g/mol. The maximum Gasteiger partial charge on any atom is 0.488 e. The highest BCUT2D eigenvalue weighted by molar-refractivity contribution is 6.58. The van der Waals surface area contributed by atoms with E-state index in [1.807, 2.05) is 6.07 Å². The summed E-state index contributed by atoms with van der Waals surface area (Å²) in [6.45, 7) is 0. The van der Waals surface area contributed by atoms with E-state index < -0.39 is 7.12 Å². The lowest BCUT2D eigenvalue weighted by Gasteiger charge is -2.05. The van der Waals surface area contributed by atoms with Crippen molar-refractivity contribution in [3.05, 3.63) is 58.9 Å². The Kier molecular flexibility index (Phi) is 3.10. The molecule has 3 aromatic rings. The fourth-order valence-electron chi connectivity index (χ4n) is 2.07. The maximum absolute atomic E-state index is 12.0. The monoisotopic (exact) mass is 266 g/mol. The van der Waals surface area contributed by atoms with E-state index >= 15 is 0 Å². The van der Waals surface area contributed by atoms with Crippen LogP contribution in [0.3, 0.4) is 0 Å². The molecule has 0 unspecified atom stereocenters. The first-order chi connectivity index (χ1) is 9.65. The van der Waals surface area contributed by atoms with Gasteiger partial charge in [0.25, 0.3) is 5.56 Å². The molecule has 0 spiro atoms. The van der Waals surface area contributed by atoms with Crippen LogP contribution in [0.1, 0.15) is 0 Å². The lowest BCUT2D eigenvalue weighted by molar-refractivity contribution is 0.426. The van der Waals surface area contributed by atoms with E-state index in [1.54, 1.807) is 42.5 Å². The number of H-pyrrole nitrogens is 1. The van der Waals surface area contributed by atoms with Crippen molar-refractivity contribution < 1.29 is 10.0 Å². The van der Waals surface area contributed by atoms with Crippen LogP contribution >= 0.6 is 0 Å². The van der Waals surface area contributed by atoms with Gasteiger partial charge in [-0.1, -0.05) is 36.4 Å². The van der Waals surface area contributed by atoms with Crippen LogP contribution in [-0.2, 0) is 0 Å². The number of nitrogens with one attached hydrogen (secondary N) is 1. The largest absolute Gasteiger partial charge is 0.488 e. The van der Waals surface area contributed by atoms with E-state index in [0.29, 0.717) is 27.8 Å². The third-order valence-corrected chi connectivity index (χ3v) is 3.07. The molecule has 0 aliphatic carbocycles. The van der Waals surface area contributed by atoms with Crippen molar-refractivity contribution in [2.24, 2.45) is 0 Å². The third-order valence-electron chi connectivity index (χ3n) is 3.07. The van der Waals surface area contributed by atoms with Crippen molar-refractivity contribution in [3.8, 4) is 11.4 Å². The number of benzene rings is 2. The van der Waals surface area contributed by atoms with Gasteiger partial charge in [-0.25, -0.2) is 4.98 Å². The molecule has 0 bridgehead atoms. The van der Waals surface area contributed by atoms with E-state index in [-0.39, 0.29) is 5.56 Å². The second-order valence-electron chi connectivity index (χ2n) is 4.43. The van der Waals surface area contributed by atoms with E-state index in [9.17, 15) is 14.8 Å². The van der Waals surface area contributed by atoms with Gasteiger partial charge in [-0.2, -0.15) is 0 Å². The second kappa shape index (κ2) is 4.92. The molecule has 5 nitrogen and oxygen atoms in total. The van der Waals surface area contributed by atoms with Crippen LogP contribution in [0.2, 0.25) is 0 Å². The summed E-state index contributed by atoms with van der Waals surface area (Å²) in [5.41, 5.74) is 1.35. The van der Waals surface area contributed by atoms with Gasteiger partial charge in [-0.05, 0) is 17.6 Å². The molecule has 20 heavy (non-hydrogen) atoms. The maximum atomic E-state index is 12.0. The van der Waals surface area contributed by atoms with Gasteiger partial charge in [0.2, 0.25) is 0 Å². The number of hydrogen-bond acceptors (Lipinski definition) is 4. The summed E-state index contributed by atoms with van der Waals surface area (Å²) in [6.07, 6.45) is 0. The first-order valence-corrected chi connectivity index (χ1v) is 6.11. The number of para-hydroxylation sites is 1. The summed E-state index contributed by atoms with van der Waals surface area (Å²) in [7, 11) is -1.55. The number of hydrogen-bond donors (Lipinski definition) is 3. The molecule has 2 aromatic carbocycles. The fraction of sp³-hybridized carbons (Fsp3) is 0. The molecule has 0 radical (unpaired) electrons. The quantitative estimate of drug-likeness (QED) is 0.581. The Hall–Kier alpha value is -2.44. The highest BCUT2D eigenvalue weighted by Gasteiger charge is 2.12. The van der Waals surface area contributed by atoms with Gasteiger partial charge in [0.15, 0.2) is 0 Å². The molecule has 0 fully saturated rings. The van der Waals surface area contributed by atoms with E-state index in [4.69, 9.17) is 0 Å². The normalized spacial score (nSPS) is 10.7. The summed E-state index contributed by atoms with van der Waals surface area (Å²) in [5, 5.41) is 18.9. The average molecular weight is 266 g/mol. The standard InChI is InChI=1S/C14H11BN2O3/c18-14-11-6-1-2-7-12(11)16-13(17-14)9-4-3-5-10(8-9)15(19)20/h1-8,19-20H,(H,16,17,18). The lowest BCUT2D eigenvalue weighted by atomic mass is 9.79. The highest BCUT2D eigenvalue weighted by atomic mass is 16.4. The van der Waals surface area contributed by atoms with Crippen molar-refractivity contribution in [1.29, 1.82) is 0 Å². The fourth-order valence-corrected chi connectivity index (χ4v) is 2.07. The zero-order chi connectivity index (χ0) is 14.1. The topological polar surface area (TPSA) is 86.2 Å². The summed E-state index contributed by atoms with van der Waals surface area (Å²) in [6, 6.07) is 13.7. The van der Waals surface area contributed by atoms with Crippen LogP contribution in [0.15, 0.2) is 53.3 Å². The predicted octanol–water partition coefficient (Wildman–Crippen LogP) is 0.270. The van der Waals surface area contributed by atoms with Gasteiger partial charge < -0.3 is 15.0 Å². The molecule has 0 atom stereocenters. The average Bonchev–Trinajstić information content (AvgIpc) is 2.47. The van der Waals surface area contributed by atoms with Gasteiger partial charge in [0.1, 0.15) is 5.82 Å². The van der Waals surface area contributed by atoms with E-state index in [0.717, 1.165) is 0 Å². The van der Waals surface area contributed by atoms with Gasteiger partial charge in [-0.3, -0.25) is 4.79 Å². The van der Waals surface area contributed by atoms with Crippen molar-refractivity contribution >= 4 is 23.5 Å². The second-order valence-corrected chi connectivity index (χ2v) is 4.43. The Balaban J connectivity index is 2.20. The van der Waals surface area contributed by atoms with Crippen molar-refractivity contribution in [2.45, 2.75) is 0 Å². The molecule has 1 aromatic heterocycles. The summed E-state index contributed by atoms with van der Waals surface area (Å²) in [5.74, 6) is 0.399. The zero-order valence-electron chi connectivity index (χ0n) is 10.4. The van der Waals surface area contributed by atoms with Crippen LogP contribution in [0.25, 0.3) is 22.3 Å². The molecule has 6 heteroatoms. The molecule has 0 aliphatic rings. The molecule has 0 amide bonds. The summed E-state index contributed by atoms with van der Waals surface area (Å²) >= 11 is 0. The van der Waals surface area contributed by atoms with Crippen LogP contribution in [0.4, 0.5) is 0 Å². The van der Waals surface area contributed by atoms with Gasteiger partial charge >= 0.3 is 7.12 Å². The number of rotatable bonds is 2. The Morgan fingerprint density at radius 3 is 2.65 bits per heavy atom. The first-order valence-electron chi connectivity index (χ1n) is 6.11. The zero-order valence-corrected chi connectivity index (χ0v) is 10.4. The Morgan fingerprint density at radius 2 is 1.85 bits per heavy atom. The molecule has 3 rings (SSSR count). The highest BCUT2D eigenvalue weighted by Crippen LogP contribution is 2.14. The molecule has 1 heterocycles. The molecule has 3 N–H and O–H groups in total. The van der Waals surface area contributed by atoms with Crippen molar-refractivity contribution in [2.75, 3.05) is 0 Å². The number of nitrogens with zero attached hydrogens (tertiary/aromatic N) is 1. The van der Waals surface area contributed by atoms with Crippen LogP contribution in [0.5, 0.6) is 0 Å². The van der Waals surface area contributed by atoms with Crippen LogP contribution in [0, 0.1) is 0 Å². The molecular formula is C14H11BN2O3. The predicted molar refractivity (Wildman–Crippen MR) is 77.6 cm³/mol. The van der Waals surface area contributed by atoms with Gasteiger partial charge in [0.05, 0.1) is 10.9 Å². The van der Waals surface area contributed by atoms with Crippen molar-refractivity contribution in [3.63, 3.8) is 0 Å². The molecule has 0 saturated carbocycles. The van der Waals surface area contributed by atoms with Gasteiger partial charge in [0, 0.05) is 5.56 Å². The SMILES string of the molecule is O=c1[nH]c(-c2cccc(B(O)O)c2)nc2ccccc12. The summed E-state index contributed by atoms with van der Waals surface area (Å²) < 4.78 is 0. The smallest absolute Gasteiger partial charge is 0.423 e. The first kappa shape index (κ1) is 12.6. The number of fused-ring (bicyclic) bond motifs is 1. The molecule has 98 valence electrons. The van der Waals surface area contributed by atoms with Gasteiger partial charge in [-0.15, -0.1) is 0 Å². The van der Waals surface area contributed by atoms with E-state index in [2.05, 4.69) is 9.97 Å². The number of aromatic nitrogens is 2. The number of aromatic amines is 1. The minimum absolute atomic E-state index is 0.222. The van der Waals surface area contributed by atoms with Crippen LogP contribution in [-0.4, -0.2) is 27.1 Å². The Morgan fingerprint density at radius 1 is 1.05 bits per heavy atom.